The SMILES string of the molecule is CCCNC(=O)Nc1ncnc2c1cnn2CCN1CCCC1.Cl. The Balaban J connectivity index is 0.00000208. The van der Waals surface area contributed by atoms with E-state index < -0.39 is 0 Å². The zero-order chi connectivity index (χ0) is 16.1. The minimum Gasteiger partial charge on any atom is -0.338 e. The van der Waals surface area contributed by atoms with Crippen LogP contribution in [-0.4, -0.2) is 56.9 Å². The fourth-order valence-corrected chi connectivity index (χ4v) is 2.79. The molecule has 0 saturated carbocycles. The van der Waals surface area contributed by atoms with Crippen molar-refractivity contribution in [3.8, 4) is 0 Å². The molecule has 2 aromatic rings. The number of hydrogen-bond donors (Lipinski definition) is 2. The van der Waals surface area contributed by atoms with Crippen LogP contribution >= 0.6 is 12.4 Å². The molecular formula is C15H24ClN7O. The van der Waals surface area contributed by atoms with Crippen molar-refractivity contribution in [2.45, 2.75) is 32.7 Å². The molecule has 0 bridgehead atoms. The lowest BCUT2D eigenvalue weighted by atomic mass is 10.4. The maximum Gasteiger partial charge on any atom is 0.320 e. The van der Waals surface area contributed by atoms with Crippen LogP contribution in [0.1, 0.15) is 26.2 Å². The first-order valence-electron chi connectivity index (χ1n) is 8.21. The van der Waals surface area contributed by atoms with Crippen LogP contribution < -0.4 is 10.6 Å². The van der Waals surface area contributed by atoms with Gasteiger partial charge in [-0.25, -0.2) is 19.4 Å². The summed E-state index contributed by atoms with van der Waals surface area (Å²) in [5.41, 5.74) is 0.755. The van der Waals surface area contributed by atoms with Gasteiger partial charge in [0, 0.05) is 13.1 Å². The number of aromatic nitrogens is 4. The van der Waals surface area contributed by atoms with Gasteiger partial charge in [0.15, 0.2) is 5.65 Å². The van der Waals surface area contributed by atoms with E-state index in [0.717, 1.165) is 30.5 Å². The van der Waals surface area contributed by atoms with Gasteiger partial charge in [-0.15, -0.1) is 12.4 Å². The van der Waals surface area contributed by atoms with Gasteiger partial charge in [-0.05, 0) is 32.4 Å². The monoisotopic (exact) mass is 353 g/mol. The molecule has 132 valence electrons. The van der Waals surface area contributed by atoms with E-state index in [-0.39, 0.29) is 18.4 Å². The van der Waals surface area contributed by atoms with Gasteiger partial charge in [0.1, 0.15) is 12.1 Å². The first-order valence-corrected chi connectivity index (χ1v) is 8.21. The van der Waals surface area contributed by atoms with Crippen LogP contribution in [0, 0.1) is 0 Å². The molecule has 3 rings (SSSR count). The largest absolute Gasteiger partial charge is 0.338 e. The maximum absolute atomic E-state index is 11.8. The molecule has 0 spiro atoms. The van der Waals surface area contributed by atoms with Gasteiger partial charge < -0.3 is 10.2 Å². The van der Waals surface area contributed by atoms with Crippen molar-refractivity contribution in [1.29, 1.82) is 0 Å². The Morgan fingerprint density at radius 2 is 2.04 bits per heavy atom. The topological polar surface area (TPSA) is 88.0 Å². The van der Waals surface area contributed by atoms with Crippen LogP contribution in [0.15, 0.2) is 12.5 Å². The fourth-order valence-electron chi connectivity index (χ4n) is 2.79. The molecule has 9 heteroatoms. The third-order valence-corrected chi connectivity index (χ3v) is 4.03. The normalized spacial score (nSPS) is 14.5. The van der Waals surface area contributed by atoms with Crippen LogP contribution in [0.4, 0.5) is 10.6 Å². The molecule has 8 nitrogen and oxygen atoms in total. The smallest absolute Gasteiger partial charge is 0.320 e. The van der Waals surface area contributed by atoms with Crippen molar-refractivity contribution in [1.82, 2.24) is 30.0 Å². The second-order valence-corrected chi connectivity index (χ2v) is 5.76. The highest BCUT2D eigenvalue weighted by atomic mass is 35.5. The third-order valence-electron chi connectivity index (χ3n) is 4.03. The lowest BCUT2D eigenvalue weighted by molar-refractivity contribution is 0.252. The number of fused-ring (bicyclic) bond motifs is 1. The van der Waals surface area contributed by atoms with Gasteiger partial charge in [-0.3, -0.25) is 5.32 Å². The summed E-state index contributed by atoms with van der Waals surface area (Å²) < 4.78 is 1.88. The minimum absolute atomic E-state index is 0. The molecule has 2 N–H and O–H groups in total. The van der Waals surface area contributed by atoms with Crippen LogP contribution in [0.25, 0.3) is 11.0 Å². The number of nitrogens with zero attached hydrogens (tertiary/aromatic N) is 5. The zero-order valence-electron chi connectivity index (χ0n) is 13.9. The number of urea groups is 1. The second kappa shape index (κ2) is 8.79. The van der Waals surface area contributed by atoms with E-state index in [4.69, 9.17) is 0 Å². The van der Waals surface area contributed by atoms with Crippen molar-refractivity contribution in [2.75, 3.05) is 31.5 Å². The zero-order valence-corrected chi connectivity index (χ0v) is 14.7. The van der Waals surface area contributed by atoms with Crippen molar-refractivity contribution in [2.24, 2.45) is 0 Å². The van der Waals surface area contributed by atoms with Crippen molar-refractivity contribution in [3.63, 3.8) is 0 Å². The van der Waals surface area contributed by atoms with Crippen LogP contribution in [0.2, 0.25) is 0 Å². The van der Waals surface area contributed by atoms with E-state index in [1.54, 1.807) is 6.20 Å². The van der Waals surface area contributed by atoms with Crippen LogP contribution in [0.3, 0.4) is 0 Å². The summed E-state index contributed by atoms with van der Waals surface area (Å²) in [7, 11) is 0. The highest BCUT2D eigenvalue weighted by Gasteiger charge is 2.14. The average molecular weight is 354 g/mol. The lowest BCUT2D eigenvalue weighted by Crippen LogP contribution is -2.29. The number of anilines is 1. The number of hydrogen-bond acceptors (Lipinski definition) is 5. The fraction of sp³-hybridized carbons (Fsp3) is 0.600. The molecule has 1 saturated heterocycles. The molecule has 0 aliphatic carbocycles. The molecule has 24 heavy (non-hydrogen) atoms. The third kappa shape index (κ3) is 4.33. The maximum atomic E-state index is 11.8. The Morgan fingerprint density at radius 1 is 1.25 bits per heavy atom. The summed E-state index contributed by atoms with van der Waals surface area (Å²) in [5.74, 6) is 0.496. The summed E-state index contributed by atoms with van der Waals surface area (Å²) in [5, 5.41) is 10.7. The molecule has 1 aliphatic heterocycles. The molecule has 1 fully saturated rings. The molecule has 2 amide bonds. The highest BCUT2D eigenvalue weighted by molar-refractivity contribution is 5.97. The number of halogens is 1. The standard InChI is InChI=1S/C15H23N7O.ClH/c1-2-5-16-15(23)20-13-12-10-19-22(14(12)18-11-17-13)9-8-21-6-3-4-7-21;/h10-11H,2-9H2,1H3,(H2,16,17,18,20,23);1H. The highest BCUT2D eigenvalue weighted by Crippen LogP contribution is 2.18. The van der Waals surface area contributed by atoms with E-state index >= 15 is 0 Å². The second-order valence-electron chi connectivity index (χ2n) is 5.76. The van der Waals surface area contributed by atoms with E-state index in [1.807, 2.05) is 11.6 Å². The Labute approximate surface area is 147 Å². The lowest BCUT2D eigenvalue weighted by Gasteiger charge is -2.14. The minimum atomic E-state index is -0.253. The van der Waals surface area contributed by atoms with Gasteiger partial charge in [-0.2, -0.15) is 5.10 Å². The van der Waals surface area contributed by atoms with E-state index in [1.165, 1.54) is 32.3 Å². The number of likely N-dealkylation sites (tertiary alicyclic amines) is 1. The van der Waals surface area contributed by atoms with Gasteiger partial charge in [-0.1, -0.05) is 6.92 Å². The van der Waals surface area contributed by atoms with Gasteiger partial charge >= 0.3 is 6.03 Å². The first-order chi connectivity index (χ1) is 11.3. The number of rotatable bonds is 6. The summed E-state index contributed by atoms with van der Waals surface area (Å²) in [6, 6.07) is -0.253. The molecule has 0 radical (unpaired) electrons. The van der Waals surface area contributed by atoms with Crippen LogP contribution in [0.5, 0.6) is 0 Å². The molecule has 0 unspecified atom stereocenters. The quantitative estimate of drug-likeness (QED) is 0.827. The predicted octanol–water partition coefficient (Wildman–Crippen LogP) is 1.88. The van der Waals surface area contributed by atoms with Gasteiger partial charge in [0.25, 0.3) is 0 Å². The number of amides is 2. The molecule has 2 aromatic heterocycles. The molecule has 1 aliphatic rings. The summed E-state index contributed by atoms with van der Waals surface area (Å²) in [6.07, 6.45) is 6.63. The van der Waals surface area contributed by atoms with Gasteiger partial charge in [0.05, 0.1) is 18.1 Å². The first kappa shape index (κ1) is 18.4. The van der Waals surface area contributed by atoms with Crippen molar-refractivity contribution in [3.05, 3.63) is 12.5 Å². The van der Waals surface area contributed by atoms with Crippen molar-refractivity contribution >= 4 is 35.3 Å². The summed E-state index contributed by atoms with van der Waals surface area (Å²) in [4.78, 5) is 22.7. The summed E-state index contributed by atoms with van der Waals surface area (Å²) in [6.45, 7) is 6.74. The van der Waals surface area contributed by atoms with Gasteiger partial charge in [0.2, 0.25) is 0 Å². The Bertz CT molecular complexity index is 669. The molecule has 0 aromatic carbocycles. The van der Waals surface area contributed by atoms with E-state index in [9.17, 15) is 4.79 Å². The Morgan fingerprint density at radius 3 is 2.79 bits per heavy atom. The number of nitrogens with one attached hydrogen (secondary N) is 2. The molecule has 3 heterocycles. The van der Waals surface area contributed by atoms with E-state index in [2.05, 4.69) is 30.6 Å². The predicted molar refractivity (Wildman–Crippen MR) is 95.6 cm³/mol. The summed E-state index contributed by atoms with van der Waals surface area (Å²) >= 11 is 0. The number of carbonyl (C=O) groups is 1. The molecule has 0 atom stereocenters. The molecular weight excluding hydrogens is 330 g/mol. The Hall–Kier alpha value is -1.93. The van der Waals surface area contributed by atoms with Crippen LogP contribution in [-0.2, 0) is 6.54 Å². The average Bonchev–Trinajstić information content (AvgIpc) is 3.21. The number of carbonyl (C=O) groups excluding carboxylic acids is 1. The Kier molecular flexibility index (Phi) is 6.74. The van der Waals surface area contributed by atoms with E-state index in [0.29, 0.717) is 12.4 Å². The van der Waals surface area contributed by atoms with Crippen molar-refractivity contribution < 1.29 is 4.79 Å².